The Kier molecular flexibility index (Phi) is 5.02. The van der Waals surface area contributed by atoms with Gasteiger partial charge in [-0.2, -0.15) is 0 Å². The Morgan fingerprint density at radius 3 is 2.14 bits per heavy atom. The molecule has 110 valence electrons. The van der Waals surface area contributed by atoms with Gasteiger partial charge < -0.3 is 10.2 Å². The summed E-state index contributed by atoms with van der Waals surface area (Å²) in [4.78, 5) is 13.4. The van der Waals surface area contributed by atoms with Crippen molar-refractivity contribution < 1.29 is 4.79 Å². The van der Waals surface area contributed by atoms with Crippen LogP contribution in [0.2, 0.25) is 0 Å². The summed E-state index contributed by atoms with van der Waals surface area (Å²) < 4.78 is 1.07. The highest BCUT2D eigenvalue weighted by atomic mass is 79.9. The van der Waals surface area contributed by atoms with Crippen molar-refractivity contribution in [2.75, 3.05) is 19.4 Å². The number of nitrogens with zero attached hydrogens (tertiary/aromatic N) is 1. The molecular formula is C17H19BrN2O. The summed E-state index contributed by atoms with van der Waals surface area (Å²) in [6.45, 7) is 2.11. The number of hydrogen-bond donors (Lipinski definition) is 1. The number of hydrogen-bond acceptors (Lipinski definition) is 2. The summed E-state index contributed by atoms with van der Waals surface area (Å²) in [5.41, 5.74) is 2.91. The molecule has 1 atom stereocenters. The van der Waals surface area contributed by atoms with E-state index < -0.39 is 0 Å². The van der Waals surface area contributed by atoms with Crippen molar-refractivity contribution in [3.8, 4) is 0 Å². The van der Waals surface area contributed by atoms with Gasteiger partial charge >= 0.3 is 0 Å². The minimum absolute atomic E-state index is 0.0162. The Bertz CT molecular complexity index is 606. The van der Waals surface area contributed by atoms with E-state index in [-0.39, 0.29) is 11.9 Å². The zero-order valence-corrected chi connectivity index (χ0v) is 14.0. The van der Waals surface area contributed by atoms with Gasteiger partial charge in [-0.15, -0.1) is 0 Å². The molecule has 0 radical (unpaired) electrons. The summed E-state index contributed by atoms with van der Waals surface area (Å²) in [6.07, 6.45) is 0. The number of carbonyl (C=O) groups is 1. The number of halogens is 1. The van der Waals surface area contributed by atoms with Crippen molar-refractivity contribution in [2.45, 2.75) is 13.0 Å². The molecule has 0 saturated heterocycles. The van der Waals surface area contributed by atoms with Gasteiger partial charge in [-0.05, 0) is 48.9 Å². The number of amides is 1. The Morgan fingerprint density at radius 1 is 1.05 bits per heavy atom. The van der Waals surface area contributed by atoms with E-state index in [1.165, 1.54) is 5.56 Å². The quantitative estimate of drug-likeness (QED) is 0.893. The molecular weight excluding hydrogens is 328 g/mol. The molecule has 2 rings (SSSR count). The standard InChI is InChI=1S/C17H19BrN2O/c1-12(13-4-8-15(18)9-5-13)19-16-10-6-14(7-11-16)17(21)20(2)3/h4-12,19H,1-3H3. The van der Waals surface area contributed by atoms with Crippen molar-refractivity contribution >= 4 is 27.5 Å². The van der Waals surface area contributed by atoms with Gasteiger partial charge in [0.25, 0.3) is 5.91 Å². The molecule has 0 aliphatic carbocycles. The van der Waals surface area contributed by atoms with Crippen LogP contribution in [0.5, 0.6) is 0 Å². The highest BCUT2D eigenvalue weighted by molar-refractivity contribution is 9.10. The normalized spacial score (nSPS) is 11.8. The van der Waals surface area contributed by atoms with Crippen molar-refractivity contribution in [3.05, 3.63) is 64.1 Å². The molecule has 0 aromatic heterocycles. The van der Waals surface area contributed by atoms with Crippen LogP contribution in [0.1, 0.15) is 28.9 Å². The van der Waals surface area contributed by atoms with Gasteiger partial charge in [-0.1, -0.05) is 28.1 Å². The summed E-state index contributed by atoms with van der Waals surface area (Å²) >= 11 is 3.44. The van der Waals surface area contributed by atoms with E-state index in [1.54, 1.807) is 19.0 Å². The van der Waals surface area contributed by atoms with Crippen LogP contribution in [0.25, 0.3) is 0 Å². The van der Waals surface area contributed by atoms with Gasteiger partial charge in [0, 0.05) is 35.9 Å². The fraction of sp³-hybridized carbons (Fsp3) is 0.235. The Morgan fingerprint density at radius 2 is 1.62 bits per heavy atom. The van der Waals surface area contributed by atoms with Crippen LogP contribution >= 0.6 is 15.9 Å². The molecule has 0 aliphatic rings. The Hall–Kier alpha value is -1.81. The maximum atomic E-state index is 11.8. The van der Waals surface area contributed by atoms with Crippen LogP contribution in [0.15, 0.2) is 53.0 Å². The lowest BCUT2D eigenvalue weighted by Crippen LogP contribution is -2.21. The fourth-order valence-electron chi connectivity index (χ4n) is 2.05. The molecule has 3 nitrogen and oxygen atoms in total. The summed E-state index contributed by atoms with van der Waals surface area (Å²) in [7, 11) is 3.51. The molecule has 0 fully saturated rings. The lowest BCUT2D eigenvalue weighted by molar-refractivity contribution is 0.0827. The van der Waals surface area contributed by atoms with E-state index in [0.29, 0.717) is 5.56 Å². The minimum atomic E-state index is 0.0162. The first kappa shape index (κ1) is 15.6. The zero-order chi connectivity index (χ0) is 15.4. The predicted octanol–water partition coefficient (Wildman–Crippen LogP) is 4.32. The van der Waals surface area contributed by atoms with Crippen LogP contribution in [0, 0.1) is 0 Å². The number of benzene rings is 2. The van der Waals surface area contributed by atoms with Crippen LogP contribution in [-0.4, -0.2) is 24.9 Å². The molecule has 0 spiro atoms. The fourth-order valence-corrected chi connectivity index (χ4v) is 2.32. The summed E-state index contributed by atoms with van der Waals surface area (Å²) in [6, 6.07) is 16.0. The predicted molar refractivity (Wildman–Crippen MR) is 90.6 cm³/mol. The maximum Gasteiger partial charge on any atom is 0.253 e. The smallest absolute Gasteiger partial charge is 0.253 e. The molecule has 1 amide bonds. The van der Waals surface area contributed by atoms with Crippen molar-refractivity contribution in [3.63, 3.8) is 0 Å². The van der Waals surface area contributed by atoms with E-state index in [2.05, 4.69) is 40.3 Å². The van der Waals surface area contributed by atoms with Crippen molar-refractivity contribution in [1.29, 1.82) is 0 Å². The molecule has 2 aromatic rings. The highest BCUT2D eigenvalue weighted by Gasteiger charge is 2.09. The Balaban J connectivity index is 2.06. The molecule has 0 heterocycles. The average Bonchev–Trinajstić information content (AvgIpc) is 2.47. The monoisotopic (exact) mass is 346 g/mol. The third-order valence-corrected chi connectivity index (χ3v) is 3.82. The van der Waals surface area contributed by atoms with Crippen LogP contribution in [0.3, 0.4) is 0 Å². The second-order valence-electron chi connectivity index (χ2n) is 5.19. The average molecular weight is 347 g/mol. The first-order valence-electron chi connectivity index (χ1n) is 6.81. The lowest BCUT2D eigenvalue weighted by Gasteiger charge is -2.16. The van der Waals surface area contributed by atoms with Gasteiger partial charge in [-0.25, -0.2) is 0 Å². The van der Waals surface area contributed by atoms with Crippen LogP contribution < -0.4 is 5.32 Å². The third-order valence-electron chi connectivity index (χ3n) is 3.29. The highest BCUT2D eigenvalue weighted by Crippen LogP contribution is 2.21. The van der Waals surface area contributed by atoms with E-state index in [9.17, 15) is 4.79 Å². The molecule has 4 heteroatoms. The molecule has 2 aromatic carbocycles. The number of rotatable bonds is 4. The maximum absolute atomic E-state index is 11.8. The molecule has 1 N–H and O–H groups in total. The largest absolute Gasteiger partial charge is 0.379 e. The molecule has 1 unspecified atom stereocenters. The number of nitrogens with one attached hydrogen (secondary N) is 1. The lowest BCUT2D eigenvalue weighted by atomic mass is 10.1. The SMILES string of the molecule is CC(Nc1ccc(C(=O)N(C)C)cc1)c1ccc(Br)cc1. The van der Waals surface area contributed by atoms with Crippen molar-refractivity contribution in [1.82, 2.24) is 4.90 Å². The zero-order valence-electron chi connectivity index (χ0n) is 12.4. The second kappa shape index (κ2) is 6.76. The third kappa shape index (κ3) is 4.08. The molecule has 0 aliphatic heterocycles. The van der Waals surface area contributed by atoms with E-state index in [1.807, 2.05) is 36.4 Å². The number of carbonyl (C=O) groups excluding carboxylic acids is 1. The molecule has 0 bridgehead atoms. The summed E-state index contributed by atoms with van der Waals surface area (Å²) in [5, 5.41) is 3.43. The minimum Gasteiger partial charge on any atom is -0.379 e. The second-order valence-corrected chi connectivity index (χ2v) is 6.11. The van der Waals surface area contributed by atoms with E-state index in [4.69, 9.17) is 0 Å². The van der Waals surface area contributed by atoms with Gasteiger partial charge in [0.2, 0.25) is 0 Å². The van der Waals surface area contributed by atoms with Gasteiger partial charge in [-0.3, -0.25) is 4.79 Å². The van der Waals surface area contributed by atoms with E-state index >= 15 is 0 Å². The van der Waals surface area contributed by atoms with Gasteiger partial charge in [0.1, 0.15) is 0 Å². The molecule has 21 heavy (non-hydrogen) atoms. The number of anilines is 1. The van der Waals surface area contributed by atoms with Crippen molar-refractivity contribution in [2.24, 2.45) is 0 Å². The molecule has 0 saturated carbocycles. The first-order valence-corrected chi connectivity index (χ1v) is 7.60. The van der Waals surface area contributed by atoms with Gasteiger partial charge in [0.15, 0.2) is 0 Å². The van der Waals surface area contributed by atoms with Gasteiger partial charge in [0.05, 0.1) is 0 Å². The topological polar surface area (TPSA) is 32.3 Å². The van der Waals surface area contributed by atoms with Crippen LogP contribution in [0.4, 0.5) is 5.69 Å². The summed E-state index contributed by atoms with van der Waals surface area (Å²) in [5.74, 6) is 0.0162. The van der Waals surface area contributed by atoms with Crippen LogP contribution in [-0.2, 0) is 0 Å². The Labute approximate surface area is 134 Å². The first-order chi connectivity index (χ1) is 9.97. The van der Waals surface area contributed by atoms with E-state index in [0.717, 1.165) is 10.2 Å².